The molecule has 2 N–H and O–H groups in total. The molecule has 0 spiro atoms. The summed E-state index contributed by atoms with van der Waals surface area (Å²) in [6, 6.07) is 18.0. The van der Waals surface area contributed by atoms with E-state index in [1.54, 1.807) is 48.5 Å². The van der Waals surface area contributed by atoms with E-state index in [0.29, 0.717) is 23.4 Å². The quantitative estimate of drug-likeness (QED) is 0.644. The van der Waals surface area contributed by atoms with E-state index in [1.165, 1.54) is 25.3 Å². The van der Waals surface area contributed by atoms with E-state index in [9.17, 15) is 14.0 Å². The molecule has 148 valence electrons. The van der Waals surface area contributed by atoms with Gasteiger partial charge in [0.05, 0.1) is 12.8 Å². The number of hydrogen-bond acceptors (Lipinski definition) is 4. The predicted molar refractivity (Wildman–Crippen MR) is 108 cm³/mol. The molecule has 7 heteroatoms. The lowest BCUT2D eigenvalue weighted by molar-refractivity contribution is 0.0949. The number of benzene rings is 2. The fourth-order valence-corrected chi connectivity index (χ4v) is 2.72. The minimum absolute atomic E-state index is 0.0951. The molecule has 6 nitrogen and oxygen atoms in total. The van der Waals surface area contributed by atoms with Gasteiger partial charge in [-0.2, -0.15) is 0 Å². The Morgan fingerprint density at radius 1 is 0.931 bits per heavy atom. The first-order valence-corrected chi connectivity index (χ1v) is 9.01. The monoisotopic (exact) mass is 393 g/mol. The number of rotatable bonds is 7. The molecular formula is C22H20FN3O3. The van der Waals surface area contributed by atoms with Crippen LogP contribution in [-0.2, 0) is 6.42 Å². The first-order chi connectivity index (χ1) is 14.1. The number of carbonyl (C=O) groups excluding carboxylic acids is 2. The van der Waals surface area contributed by atoms with Gasteiger partial charge in [-0.25, -0.2) is 9.37 Å². The lowest BCUT2D eigenvalue weighted by atomic mass is 10.1. The molecule has 0 saturated carbocycles. The summed E-state index contributed by atoms with van der Waals surface area (Å²) >= 11 is 0. The van der Waals surface area contributed by atoms with Gasteiger partial charge in [0.1, 0.15) is 23.0 Å². The van der Waals surface area contributed by atoms with Crippen LogP contribution >= 0.6 is 0 Å². The smallest absolute Gasteiger partial charge is 0.274 e. The molecule has 3 rings (SSSR count). The molecule has 1 aromatic heterocycles. The van der Waals surface area contributed by atoms with Crippen LogP contribution < -0.4 is 15.4 Å². The highest BCUT2D eigenvalue weighted by atomic mass is 19.1. The summed E-state index contributed by atoms with van der Waals surface area (Å²) in [7, 11) is 1.51. The van der Waals surface area contributed by atoms with Gasteiger partial charge in [0, 0.05) is 6.54 Å². The molecule has 0 radical (unpaired) electrons. The van der Waals surface area contributed by atoms with E-state index in [1.807, 2.05) is 0 Å². The van der Waals surface area contributed by atoms with Crippen LogP contribution in [0.5, 0.6) is 5.75 Å². The van der Waals surface area contributed by atoms with E-state index in [0.717, 1.165) is 0 Å². The average Bonchev–Trinajstić information content (AvgIpc) is 2.75. The van der Waals surface area contributed by atoms with Gasteiger partial charge < -0.3 is 15.4 Å². The number of para-hydroxylation sites is 2. The molecule has 1 heterocycles. The van der Waals surface area contributed by atoms with Gasteiger partial charge in [0.2, 0.25) is 0 Å². The lowest BCUT2D eigenvalue weighted by Gasteiger charge is -2.10. The van der Waals surface area contributed by atoms with Gasteiger partial charge in [-0.05, 0) is 42.3 Å². The Labute approximate surface area is 167 Å². The summed E-state index contributed by atoms with van der Waals surface area (Å²) in [5, 5.41) is 5.40. The number of halogens is 1. The minimum Gasteiger partial charge on any atom is -0.495 e. The molecular weight excluding hydrogens is 373 g/mol. The SMILES string of the molecule is COc1ccccc1NC(=O)c1cccc(C(=O)NCCc2ccccc2F)n1. The lowest BCUT2D eigenvalue weighted by Crippen LogP contribution is -2.27. The maximum Gasteiger partial charge on any atom is 0.274 e. The summed E-state index contributed by atoms with van der Waals surface area (Å²) in [4.78, 5) is 29.0. The van der Waals surface area contributed by atoms with Crippen LogP contribution in [0.4, 0.5) is 10.1 Å². The van der Waals surface area contributed by atoms with Crippen molar-refractivity contribution in [3.63, 3.8) is 0 Å². The number of hydrogen-bond donors (Lipinski definition) is 2. The fraction of sp³-hybridized carbons (Fsp3) is 0.136. The Hall–Kier alpha value is -3.74. The first kappa shape index (κ1) is 20.0. The molecule has 0 fully saturated rings. The van der Waals surface area contributed by atoms with Gasteiger partial charge in [0.25, 0.3) is 11.8 Å². The second-order valence-corrected chi connectivity index (χ2v) is 6.16. The maximum atomic E-state index is 13.6. The Bertz CT molecular complexity index is 1020. The predicted octanol–water partition coefficient (Wildman–Crippen LogP) is 3.45. The number of pyridine rings is 1. The molecule has 2 amide bonds. The van der Waals surface area contributed by atoms with Crippen LogP contribution in [0.3, 0.4) is 0 Å². The number of anilines is 1. The van der Waals surface area contributed by atoms with Crippen molar-refractivity contribution < 1.29 is 18.7 Å². The highest BCUT2D eigenvalue weighted by Crippen LogP contribution is 2.23. The summed E-state index contributed by atoms with van der Waals surface area (Å²) < 4.78 is 18.8. The Balaban J connectivity index is 1.63. The van der Waals surface area contributed by atoms with Crippen molar-refractivity contribution in [3.05, 3.63) is 89.5 Å². The Morgan fingerprint density at radius 3 is 2.38 bits per heavy atom. The molecule has 0 aliphatic rings. The number of nitrogens with zero attached hydrogens (tertiary/aromatic N) is 1. The summed E-state index contributed by atoms with van der Waals surface area (Å²) in [6.07, 6.45) is 0.354. The molecule has 0 aliphatic heterocycles. The zero-order chi connectivity index (χ0) is 20.6. The van der Waals surface area contributed by atoms with Crippen molar-refractivity contribution in [3.8, 4) is 5.75 Å². The molecule has 0 saturated heterocycles. The fourth-order valence-electron chi connectivity index (χ4n) is 2.72. The third-order valence-corrected chi connectivity index (χ3v) is 4.21. The van der Waals surface area contributed by atoms with Crippen molar-refractivity contribution in [2.45, 2.75) is 6.42 Å². The van der Waals surface area contributed by atoms with E-state index in [2.05, 4.69) is 15.6 Å². The standard InChI is InChI=1S/C22H20FN3O3/c1-29-20-12-5-4-9-17(20)26-22(28)19-11-6-10-18(25-19)21(27)24-14-13-15-7-2-3-8-16(15)23/h2-12H,13-14H2,1H3,(H,24,27)(H,26,28). The number of amides is 2. The number of ether oxygens (including phenoxy) is 1. The number of aromatic nitrogens is 1. The van der Waals surface area contributed by atoms with Crippen LogP contribution in [0, 0.1) is 5.82 Å². The van der Waals surface area contributed by atoms with Gasteiger partial charge in [-0.15, -0.1) is 0 Å². The van der Waals surface area contributed by atoms with Crippen LogP contribution in [0.1, 0.15) is 26.5 Å². The number of carbonyl (C=O) groups is 2. The van der Waals surface area contributed by atoms with E-state index in [4.69, 9.17) is 4.74 Å². The second kappa shape index (κ2) is 9.45. The van der Waals surface area contributed by atoms with Gasteiger partial charge in [-0.1, -0.05) is 36.4 Å². The summed E-state index contributed by atoms with van der Waals surface area (Å²) in [5.41, 5.74) is 1.22. The molecule has 29 heavy (non-hydrogen) atoms. The van der Waals surface area contributed by atoms with Crippen molar-refractivity contribution in [2.75, 3.05) is 19.0 Å². The highest BCUT2D eigenvalue weighted by molar-refractivity contribution is 6.04. The van der Waals surface area contributed by atoms with Crippen molar-refractivity contribution >= 4 is 17.5 Å². The van der Waals surface area contributed by atoms with Crippen LogP contribution in [0.15, 0.2) is 66.7 Å². The highest BCUT2D eigenvalue weighted by Gasteiger charge is 2.14. The van der Waals surface area contributed by atoms with Gasteiger partial charge in [-0.3, -0.25) is 9.59 Å². The zero-order valence-electron chi connectivity index (χ0n) is 15.8. The van der Waals surface area contributed by atoms with Gasteiger partial charge in [0.15, 0.2) is 0 Å². The van der Waals surface area contributed by atoms with E-state index in [-0.39, 0.29) is 23.7 Å². The second-order valence-electron chi connectivity index (χ2n) is 6.16. The molecule has 0 atom stereocenters. The Morgan fingerprint density at radius 2 is 1.62 bits per heavy atom. The summed E-state index contributed by atoms with van der Waals surface area (Å²) in [6.45, 7) is 0.249. The van der Waals surface area contributed by atoms with Crippen molar-refractivity contribution in [1.29, 1.82) is 0 Å². The number of methoxy groups -OCH3 is 1. The van der Waals surface area contributed by atoms with Crippen LogP contribution in [0.2, 0.25) is 0 Å². The van der Waals surface area contributed by atoms with E-state index < -0.39 is 11.8 Å². The van der Waals surface area contributed by atoms with E-state index >= 15 is 0 Å². The first-order valence-electron chi connectivity index (χ1n) is 9.01. The third-order valence-electron chi connectivity index (χ3n) is 4.21. The minimum atomic E-state index is -0.462. The molecule has 0 aliphatic carbocycles. The molecule has 0 bridgehead atoms. The topological polar surface area (TPSA) is 80.3 Å². The molecule has 3 aromatic rings. The normalized spacial score (nSPS) is 10.3. The third kappa shape index (κ3) is 5.16. The zero-order valence-corrected chi connectivity index (χ0v) is 15.8. The summed E-state index contributed by atoms with van der Waals surface area (Å²) in [5.74, 6) is -0.693. The molecule has 2 aromatic carbocycles. The van der Waals surface area contributed by atoms with Gasteiger partial charge >= 0.3 is 0 Å². The largest absolute Gasteiger partial charge is 0.495 e. The van der Waals surface area contributed by atoms with Crippen molar-refractivity contribution in [2.24, 2.45) is 0 Å². The maximum absolute atomic E-state index is 13.6. The van der Waals surface area contributed by atoms with Crippen molar-refractivity contribution in [1.82, 2.24) is 10.3 Å². The average molecular weight is 393 g/mol. The number of nitrogens with one attached hydrogen (secondary N) is 2. The van der Waals surface area contributed by atoms with Crippen LogP contribution in [-0.4, -0.2) is 30.5 Å². The molecule has 0 unspecified atom stereocenters. The van der Waals surface area contributed by atoms with Crippen LogP contribution in [0.25, 0.3) is 0 Å². The Kier molecular flexibility index (Phi) is 6.52.